The van der Waals surface area contributed by atoms with Gasteiger partial charge in [-0.05, 0) is 6.92 Å². The number of nitrogens with one attached hydrogen (secondary N) is 1. The summed E-state index contributed by atoms with van der Waals surface area (Å²) < 4.78 is 6.07. The molecule has 10 nitrogen and oxygen atoms in total. The van der Waals surface area contributed by atoms with Crippen molar-refractivity contribution >= 4 is 17.8 Å². The lowest BCUT2D eigenvalue weighted by Crippen LogP contribution is -2.20. The van der Waals surface area contributed by atoms with Gasteiger partial charge in [-0.2, -0.15) is 4.98 Å². The van der Waals surface area contributed by atoms with Crippen LogP contribution in [0.5, 0.6) is 5.88 Å². The summed E-state index contributed by atoms with van der Waals surface area (Å²) >= 11 is 0. The molecule has 0 atom stereocenters. The smallest absolute Gasteiger partial charge is 0.358 e. The van der Waals surface area contributed by atoms with Crippen molar-refractivity contribution in [3.05, 3.63) is 23.7 Å². The molecule has 2 heterocycles. The highest BCUT2D eigenvalue weighted by Crippen LogP contribution is 2.11. The molecule has 0 spiro atoms. The van der Waals surface area contributed by atoms with E-state index in [-0.39, 0.29) is 18.2 Å². The third kappa shape index (κ3) is 3.72. The molecule has 2 aromatic rings. The molecule has 0 aliphatic rings. The number of anilines is 1. The van der Waals surface area contributed by atoms with Gasteiger partial charge in [0, 0.05) is 11.8 Å². The Hall–Kier alpha value is -3.04. The lowest BCUT2D eigenvalue weighted by molar-refractivity contribution is -0.117. The maximum Gasteiger partial charge on any atom is 0.358 e. The van der Waals surface area contributed by atoms with Crippen LogP contribution >= 0.6 is 0 Å². The second kappa shape index (κ2) is 5.94. The van der Waals surface area contributed by atoms with Crippen LogP contribution in [0.15, 0.2) is 12.3 Å². The first-order valence-electron chi connectivity index (χ1n) is 5.81. The lowest BCUT2D eigenvalue weighted by atomic mass is 10.4. The summed E-state index contributed by atoms with van der Waals surface area (Å²) in [5, 5.41) is 18.1. The molecule has 0 saturated heterocycles. The van der Waals surface area contributed by atoms with E-state index in [4.69, 9.17) is 9.84 Å². The van der Waals surface area contributed by atoms with Crippen molar-refractivity contribution in [1.82, 2.24) is 25.0 Å². The van der Waals surface area contributed by atoms with E-state index in [9.17, 15) is 9.59 Å². The van der Waals surface area contributed by atoms with Gasteiger partial charge in [-0.3, -0.25) is 10.1 Å². The molecule has 0 aromatic carbocycles. The highest BCUT2D eigenvalue weighted by molar-refractivity contribution is 5.89. The van der Waals surface area contributed by atoms with Crippen LogP contribution < -0.4 is 10.1 Å². The number of carboxylic acids is 1. The van der Waals surface area contributed by atoms with E-state index < -0.39 is 11.9 Å². The molecule has 110 valence electrons. The number of aromatic nitrogens is 5. The normalized spacial score (nSPS) is 10.2. The number of carbonyl (C=O) groups excluding carboxylic acids is 1. The van der Waals surface area contributed by atoms with Crippen molar-refractivity contribution in [1.29, 1.82) is 0 Å². The molecule has 0 saturated carbocycles. The van der Waals surface area contributed by atoms with E-state index in [1.54, 1.807) is 13.0 Å². The number of hydrogen-bond acceptors (Lipinski definition) is 7. The number of rotatable bonds is 5. The van der Waals surface area contributed by atoms with Crippen LogP contribution in [0.3, 0.4) is 0 Å². The monoisotopic (exact) mass is 292 g/mol. The van der Waals surface area contributed by atoms with Gasteiger partial charge in [-0.1, -0.05) is 5.21 Å². The molecular weight excluding hydrogens is 280 g/mol. The average molecular weight is 292 g/mol. The Morgan fingerprint density at radius 2 is 2.19 bits per heavy atom. The molecule has 2 rings (SSSR count). The summed E-state index contributed by atoms with van der Waals surface area (Å²) in [6.45, 7) is 1.52. The number of ether oxygens (including phenoxy) is 1. The minimum Gasteiger partial charge on any atom is -0.481 e. The van der Waals surface area contributed by atoms with Gasteiger partial charge in [-0.15, -0.1) is 5.10 Å². The standard InChI is InChI=1S/C11H12N6O4/c1-6-3-9(21-2)14-11(12-6)13-8(18)5-17-4-7(10(19)20)15-16-17/h3-4H,5H2,1-2H3,(H,19,20)(H,12,13,14,18). The van der Waals surface area contributed by atoms with E-state index in [1.165, 1.54) is 7.11 Å². The Bertz CT molecular complexity index is 683. The van der Waals surface area contributed by atoms with Crippen LogP contribution in [0.1, 0.15) is 16.2 Å². The van der Waals surface area contributed by atoms with Crippen LogP contribution in [0, 0.1) is 6.92 Å². The van der Waals surface area contributed by atoms with Crippen LogP contribution in [0.4, 0.5) is 5.95 Å². The molecule has 0 aliphatic heterocycles. The summed E-state index contributed by atoms with van der Waals surface area (Å²) in [7, 11) is 1.45. The summed E-state index contributed by atoms with van der Waals surface area (Å²) in [6, 6.07) is 1.62. The Morgan fingerprint density at radius 3 is 2.81 bits per heavy atom. The fraction of sp³-hybridized carbons (Fsp3) is 0.273. The number of aromatic carboxylic acids is 1. The Balaban J connectivity index is 2.04. The molecule has 0 fully saturated rings. The van der Waals surface area contributed by atoms with Gasteiger partial charge in [0.1, 0.15) is 6.54 Å². The van der Waals surface area contributed by atoms with Gasteiger partial charge >= 0.3 is 5.97 Å². The van der Waals surface area contributed by atoms with Gasteiger partial charge in [-0.25, -0.2) is 14.5 Å². The molecule has 10 heteroatoms. The largest absolute Gasteiger partial charge is 0.481 e. The zero-order chi connectivity index (χ0) is 15.4. The molecule has 2 aromatic heterocycles. The van der Waals surface area contributed by atoms with E-state index in [0.717, 1.165) is 10.9 Å². The highest BCUT2D eigenvalue weighted by atomic mass is 16.5. The molecule has 1 amide bonds. The minimum absolute atomic E-state index is 0.0930. The molecule has 0 aliphatic carbocycles. The topological polar surface area (TPSA) is 132 Å². The molecule has 0 radical (unpaired) electrons. The van der Waals surface area contributed by atoms with Crippen molar-refractivity contribution in [2.24, 2.45) is 0 Å². The second-order valence-electron chi connectivity index (χ2n) is 4.03. The Labute approximate surface area is 118 Å². The first kappa shape index (κ1) is 14.4. The number of hydrogen-bond donors (Lipinski definition) is 2. The second-order valence-corrected chi connectivity index (χ2v) is 4.03. The molecule has 21 heavy (non-hydrogen) atoms. The third-order valence-electron chi connectivity index (χ3n) is 2.35. The Kier molecular flexibility index (Phi) is 4.07. The fourth-order valence-electron chi connectivity index (χ4n) is 1.49. The van der Waals surface area contributed by atoms with Gasteiger partial charge in [0.25, 0.3) is 0 Å². The number of nitrogens with zero attached hydrogens (tertiary/aromatic N) is 5. The SMILES string of the molecule is COc1cc(C)nc(NC(=O)Cn2cc(C(=O)O)nn2)n1. The lowest BCUT2D eigenvalue weighted by Gasteiger charge is -2.06. The highest BCUT2D eigenvalue weighted by Gasteiger charge is 2.12. The minimum atomic E-state index is -1.21. The van der Waals surface area contributed by atoms with Crippen molar-refractivity contribution in [2.45, 2.75) is 13.5 Å². The van der Waals surface area contributed by atoms with Crippen molar-refractivity contribution in [3.8, 4) is 5.88 Å². The summed E-state index contributed by atoms with van der Waals surface area (Å²) in [6.07, 6.45) is 1.15. The first-order valence-corrected chi connectivity index (χ1v) is 5.81. The molecular formula is C11H12N6O4. The van der Waals surface area contributed by atoms with Crippen LogP contribution in [0.2, 0.25) is 0 Å². The van der Waals surface area contributed by atoms with Gasteiger partial charge in [0.05, 0.1) is 13.3 Å². The zero-order valence-electron chi connectivity index (χ0n) is 11.3. The van der Waals surface area contributed by atoms with Gasteiger partial charge in [0.15, 0.2) is 5.69 Å². The number of aryl methyl sites for hydroxylation is 1. The molecule has 0 bridgehead atoms. The zero-order valence-corrected chi connectivity index (χ0v) is 11.3. The maximum absolute atomic E-state index is 11.8. The predicted octanol–water partition coefficient (Wildman–Crippen LogP) is -0.278. The van der Waals surface area contributed by atoms with Gasteiger partial charge < -0.3 is 9.84 Å². The number of amides is 1. The van der Waals surface area contributed by atoms with Crippen LogP contribution in [0.25, 0.3) is 0 Å². The van der Waals surface area contributed by atoms with E-state index in [2.05, 4.69) is 25.6 Å². The summed E-state index contributed by atoms with van der Waals surface area (Å²) in [5.41, 5.74) is 0.391. The Morgan fingerprint density at radius 1 is 1.43 bits per heavy atom. The third-order valence-corrected chi connectivity index (χ3v) is 2.35. The predicted molar refractivity (Wildman–Crippen MR) is 68.9 cm³/mol. The maximum atomic E-state index is 11.8. The van der Waals surface area contributed by atoms with E-state index in [0.29, 0.717) is 11.6 Å². The summed E-state index contributed by atoms with van der Waals surface area (Å²) in [4.78, 5) is 30.4. The first-order chi connectivity index (χ1) is 9.97. The number of methoxy groups -OCH3 is 1. The van der Waals surface area contributed by atoms with Gasteiger partial charge in [0.2, 0.25) is 17.7 Å². The van der Waals surface area contributed by atoms with Crippen LogP contribution in [-0.4, -0.2) is 49.1 Å². The fourth-order valence-corrected chi connectivity index (χ4v) is 1.49. The molecule has 0 unspecified atom stereocenters. The number of carbonyl (C=O) groups is 2. The van der Waals surface area contributed by atoms with E-state index in [1.807, 2.05) is 0 Å². The van der Waals surface area contributed by atoms with Crippen molar-refractivity contribution in [3.63, 3.8) is 0 Å². The number of carboxylic acid groups (broad SMARTS) is 1. The quantitative estimate of drug-likeness (QED) is 0.769. The van der Waals surface area contributed by atoms with Crippen molar-refractivity contribution in [2.75, 3.05) is 12.4 Å². The summed E-state index contributed by atoms with van der Waals surface area (Å²) in [5.74, 6) is -1.26. The van der Waals surface area contributed by atoms with E-state index >= 15 is 0 Å². The molecule has 2 N–H and O–H groups in total. The van der Waals surface area contributed by atoms with Crippen molar-refractivity contribution < 1.29 is 19.4 Å². The van der Waals surface area contributed by atoms with Crippen LogP contribution in [-0.2, 0) is 11.3 Å². The average Bonchev–Trinajstić information content (AvgIpc) is 2.86.